The molecule has 5 nitrogen and oxygen atoms in total. The van der Waals surface area contributed by atoms with Gasteiger partial charge >= 0.3 is 0 Å². The number of aliphatic hydroxyl groups is 1. The molecule has 5 N–H and O–H groups in total. The largest absolute Gasteiger partial charge is 0.394 e. The first kappa shape index (κ1) is 15.9. The highest BCUT2D eigenvalue weighted by molar-refractivity contribution is 7.80. The summed E-state index contributed by atoms with van der Waals surface area (Å²) in [6.45, 7) is -0.0769. The van der Waals surface area contributed by atoms with E-state index in [9.17, 15) is 9.90 Å². The van der Waals surface area contributed by atoms with Crippen LogP contribution in [0.15, 0.2) is 54.6 Å². The lowest BCUT2D eigenvalue weighted by atomic mass is 10.1. The molecule has 1 atom stereocenters. The molecule has 6 heteroatoms. The maximum absolute atomic E-state index is 11.0. The zero-order chi connectivity index (χ0) is 15.9. The van der Waals surface area contributed by atoms with Crippen LogP contribution in [-0.4, -0.2) is 22.7 Å². The third kappa shape index (κ3) is 4.28. The SMILES string of the molecule is NC(=O)c1ccc(NC(=S)NC(CO)c2ccccc2)cc1. The molecule has 0 aliphatic heterocycles. The fourth-order valence-electron chi connectivity index (χ4n) is 1.96. The lowest BCUT2D eigenvalue weighted by molar-refractivity contribution is 0.100. The van der Waals surface area contributed by atoms with Crippen LogP contribution in [0.3, 0.4) is 0 Å². The second-order valence-corrected chi connectivity index (χ2v) is 5.09. The minimum Gasteiger partial charge on any atom is -0.394 e. The van der Waals surface area contributed by atoms with E-state index in [4.69, 9.17) is 18.0 Å². The second-order valence-electron chi connectivity index (χ2n) is 4.69. The second kappa shape index (κ2) is 7.53. The summed E-state index contributed by atoms with van der Waals surface area (Å²) in [7, 11) is 0. The number of primary amides is 1. The Labute approximate surface area is 134 Å². The first-order chi connectivity index (χ1) is 10.6. The van der Waals surface area contributed by atoms with E-state index in [1.165, 1.54) is 0 Å². The van der Waals surface area contributed by atoms with Crippen molar-refractivity contribution in [2.75, 3.05) is 11.9 Å². The Bertz CT molecular complexity index is 644. The molecule has 114 valence electrons. The summed E-state index contributed by atoms with van der Waals surface area (Å²) in [5, 5.41) is 15.9. The van der Waals surface area contributed by atoms with E-state index in [0.717, 1.165) is 11.3 Å². The van der Waals surface area contributed by atoms with Gasteiger partial charge in [0.05, 0.1) is 12.6 Å². The molecule has 0 bridgehead atoms. The van der Waals surface area contributed by atoms with Gasteiger partial charge < -0.3 is 21.5 Å². The van der Waals surface area contributed by atoms with Gasteiger partial charge in [-0.15, -0.1) is 0 Å². The first-order valence-corrected chi connectivity index (χ1v) is 7.14. The molecule has 0 fully saturated rings. The minimum absolute atomic E-state index is 0.0769. The highest BCUT2D eigenvalue weighted by Gasteiger charge is 2.11. The van der Waals surface area contributed by atoms with Gasteiger partial charge in [0, 0.05) is 11.3 Å². The molecular weight excluding hydrogens is 298 g/mol. The zero-order valence-electron chi connectivity index (χ0n) is 11.8. The predicted molar refractivity (Wildman–Crippen MR) is 90.6 cm³/mol. The van der Waals surface area contributed by atoms with Crippen molar-refractivity contribution in [2.24, 2.45) is 5.73 Å². The summed E-state index contributed by atoms with van der Waals surface area (Å²) in [6.07, 6.45) is 0. The van der Waals surface area contributed by atoms with Crippen LogP contribution in [0.25, 0.3) is 0 Å². The van der Waals surface area contributed by atoms with Crippen LogP contribution in [0.2, 0.25) is 0 Å². The Hall–Kier alpha value is -2.44. The van der Waals surface area contributed by atoms with E-state index in [2.05, 4.69) is 10.6 Å². The third-order valence-electron chi connectivity index (χ3n) is 3.12. The summed E-state index contributed by atoms with van der Waals surface area (Å²) in [6, 6.07) is 15.9. The van der Waals surface area contributed by atoms with E-state index in [1.54, 1.807) is 24.3 Å². The number of thiocarbonyl (C=S) groups is 1. The molecule has 0 aliphatic rings. The Morgan fingerprint density at radius 2 is 1.77 bits per heavy atom. The molecule has 0 aromatic heterocycles. The molecule has 0 radical (unpaired) electrons. The molecule has 0 spiro atoms. The van der Waals surface area contributed by atoms with Gasteiger partial charge in [0.1, 0.15) is 0 Å². The Morgan fingerprint density at radius 1 is 1.14 bits per heavy atom. The average Bonchev–Trinajstić information content (AvgIpc) is 2.54. The van der Waals surface area contributed by atoms with Crippen molar-refractivity contribution >= 4 is 28.9 Å². The van der Waals surface area contributed by atoms with Crippen molar-refractivity contribution < 1.29 is 9.90 Å². The lowest BCUT2D eigenvalue weighted by Crippen LogP contribution is -2.34. The van der Waals surface area contributed by atoms with Gasteiger partial charge in [-0.25, -0.2) is 0 Å². The van der Waals surface area contributed by atoms with Gasteiger partial charge in [-0.1, -0.05) is 30.3 Å². The van der Waals surface area contributed by atoms with Gasteiger partial charge in [0.15, 0.2) is 5.11 Å². The van der Waals surface area contributed by atoms with Crippen LogP contribution < -0.4 is 16.4 Å². The maximum atomic E-state index is 11.0. The van der Waals surface area contributed by atoms with E-state index in [0.29, 0.717) is 10.7 Å². The quantitative estimate of drug-likeness (QED) is 0.632. The van der Waals surface area contributed by atoms with Crippen LogP contribution in [0, 0.1) is 0 Å². The first-order valence-electron chi connectivity index (χ1n) is 6.73. The standard InChI is InChI=1S/C16H17N3O2S/c17-15(21)12-6-8-13(9-7-12)18-16(22)19-14(10-20)11-4-2-1-3-5-11/h1-9,14,20H,10H2,(H2,17,21)(H2,18,19,22). The van der Waals surface area contributed by atoms with Gasteiger partial charge in [0.2, 0.25) is 5.91 Å². The highest BCUT2D eigenvalue weighted by Crippen LogP contribution is 2.13. The molecule has 1 unspecified atom stereocenters. The number of hydrogen-bond acceptors (Lipinski definition) is 3. The average molecular weight is 315 g/mol. The number of benzene rings is 2. The molecular formula is C16H17N3O2S. The number of hydrogen-bond donors (Lipinski definition) is 4. The molecule has 2 aromatic rings. The monoisotopic (exact) mass is 315 g/mol. The molecule has 0 saturated carbocycles. The predicted octanol–water partition coefficient (Wildman–Crippen LogP) is 1.81. The van der Waals surface area contributed by atoms with Crippen LogP contribution >= 0.6 is 12.2 Å². The molecule has 0 saturated heterocycles. The summed E-state index contributed by atoms with van der Waals surface area (Å²) in [4.78, 5) is 11.0. The Balaban J connectivity index is 1.98. The van der Waals surface area contributed by atoms with E-state index < -0.39 is 5.91 Å². The lowest BCUT2D eigenvalue weighted by Gasteiger charge is -2.19. The van der Waals surface area contributed by atoms with Gasteiger partial charge in [0.25, 0.3) is 0 Å². The number of rotatable bonds is 5. The van der Waals surface area contributed by atoms with Crippen LogP contribution in [0.1, 0.15) is 22.0 Å². The maximum Gasteiger partial charge on any atom is 0.248 e. The summed E-state index contributed by atoms with van der Waals surface area (Å²) in [5.41, 5.74) is 7.29. The van der Waals surface area contributed by atoms with E-state index >= 15 is 0 Å². The number of nitrogens with two attached hydrogens (primary N) is 1. The Kier molecular flexibility index (Phi) is 5.46. The van der Waals surface area contributed by atoms with E-state index in [1.807, 2.05) is 30.3 Å². The van der Waals surface area contributed by atoms with Crippen LogP contribution in [0.4, 0.5) is 5.69 Å². The number of aliphatic hydroxyl groups excluding tert-OH is 1. The van der Waals surface area contributed by atoms with Crippen LogP contribution in [-0.2, 0) is 0 Å². The van der Waals surface area contributed by atoms with Gasteiger partial charge in [-0.05, 0) is 42.0 Å². The molecule has 2 aromatic carbocycles. The van der Waals surface area contributed by atoms with Crippen molar-refractivity contribution in [1.82, 2.24) is 5.32 Å². The number of carbonyl (C=O) groups excluding carboxylic acids is 1. The smallest absolute Gasteiger partial charge is 0.248 e. The minimum atomic E-state index is -0.475. The fourth-order valence-corrected chi connectivity index (χ4v) is 2.22. The molecule has 0 heterocycles. The number of carbonyl (C=O) groups is 1. The summed E-state index contributed by atoms with van der Waals surface area (Å²) < 4.78 is 0. The topological polar surface area (TPSA) is 87.4 Å². The van der Waals surface area contributed by atoms with Crippen molar-refractivity contribution in [3.63, 3.8) is 0 Å². The molecule has 2 rings (SSSR count). The summed E-state index contributed by atoms with van der Waals surface area (Å²) in [5.74, 6) is -0.475. The third-order valence-corrected chi connectivity index (χ3v) is 3.34. The summed E-state index contributed by atoms with van der Waals surface area (Å²) >= 11 is 5.24. The van der Waals surface area contributed by atoms with Crippen molar-refractivity contribution in [3.8, 4) is 0 Å². The van der Waals surface area contributed by atoms with Gasteiger partial charge in [-0.3, -0.25) is 4.79 Å². The zero-order valence-corrected chi connectivity index (χ0v) is 12.6. The van der Waals surface area contributed by atoms with Crippen molar-refractivity contribution in [1.29, 1.82) is 0 Å². The molecule has 22 heavy (non-hydrogen) atoms. The van der Waals surface area contributed by atoms with E-state index in [-0.39, 0.29) is 12.6 Å². The van der Waals surface area contributed by atoms with Crippen molar-refractivity contribution in [3.05, 3.63) is 65.7 Å². The fraction of sp³-hybridized carbons (Fsp3) is 0.125. The highest BCUT2D eigenvalue weighted by atomic mass is 32.1. The number of amides is 1. The number of nitrogens with one attached hydrogen (secondary N) is 2. The molecule has 0 aliphatic carbocycles. The Morgan fingerprint density at radius 3 is 2.32 bits per heavy atom. The van der Waals surface area contributed by atoms with Crippen molar-refractivity contribution in [2.45, 2.75) is 6.04 Å². The van der Waals surface area contributed by atoms with Crippen LogP contribution in [0.5, 0.6) is 0 Å². The molecule has 1 amide bonds. The normalized spacial score (nSPS) is 11.5. The van der Waals surface area contributed by atoms with Gasteiger partial charge in [-0.2, -0.15) is 0 Å². The number of anilines is 1.